The van der Waals surface area contributed by atoms with Gasteiger partial charge in [0.25, 0.3) is 0 Å². The maximum atomic E-state index is 12.2. The van der Waals surface area contributed by atoms with Crippen molar-refractivity contribution >= 4 is 10.1 Å². The minimum Gasteiger partial charge on any atom is -1.00 e. The van der Waals surface area contributed by atoms with Crippen LogP contribution in [0.1, 0.15) is 0 Å². The monoisotopic (exact) mass is 490 g/mol. The molecule has 0 saturated heterocycles. The summed E-state index contributed by atoms with van der Waals surface area (Å²) in [6.07, 6.45) is -7.16. The Morgan fingerprint density at radius 2 is 1.00 bits per heavy atom. The van der Waals surface area contributed by atoms with Crippen LogP contribution in [0.15, 0.2) is 0 Å². The van der Waals surface area contributed by atoms with Crippen LogP contribution in [0.5, 0.6) is 0 Å². The van der Waals surface area contributed by atoms with Crippen molar-refractivity contribution in [2.75, 3.05) is 0 Å². The van der Waals surface area contributed by atoms with E-state index in [2.05, 4.69) is 0 Å². The maximum absolute atomic E-state index is 12.2. The van der Waals surface area contributed by atoms with Gasteiger partial charge in [0.15, 0.2) is 10.1 Å². The molecule has 16 heteroatoms. The molecule has 0 aliphatic heterocycles. The van der Waals surface area contributed by atoms with Gasteiger partial charge in [0.05, 0.1) is 0 Å². The molecule has 0 heterocycles. The molecular weight excluding hydrogens is 490 g/mol. The van der Waals surface area contributed by atoms with Crippen molar-refractivity contribution in [1.29, 1.82) is 0 Å². The Balaban J connectivity index is -0.000000427. The van der Waals surface area contributed by atoms with Crippen LogP contribution in [0, 0.1) is 0 Å². The second-order valence-electron chi connectivity index (χ2n) is 2.62. The van der Waals surface area contributed by atoms with Gasteiger partial charge in [-0.05, 0) is 0 Å². The molecule has 0 unspecified atom stereocenters. The molecule has 0 aliphatic carbocycles. The van der Waals surface area contributed by atoms with E-state index >= 15 is 0 Å². The van der Waals surface area contributed by atoms with E-state index < -0.39 is 33.4 Å². The molecule has 0 atom stereocenters. The van der Waals surface area contributed by atoms with Crippen molar-refractivity contribution in [3.63, 3.8) is 0 Å². The first-order valence-electron chi connectivity index (χ1n) is 3.15. The fraction of sp³-hybridized carbons (Fsp3) is 1.00. The average Bonchev–Trinajstić information content (AvgIpc) is 1.98. The SMILES string of the molecule is O=S(=O)([O-])C(F)(F)C(F)(F)C(F)(F)C(F)(F)F.[Cs+].[F-].[K+]. The summed E-state index contributed by atoms with van der Waals surface area (Å²) in [4.78, 5) is 0. The molecule has 0 spiro atoms. The van der Waals surface area contributed by atoms with Crippen LogP contribution in [-0.2, 0) is 10.1 Å². The van der Waals surface area contributed by atoms with Crippen molar-refractivity contribution in [1.82, 2.24) is 0 Å². The molecule has 3 nitrogen and oxygen atoms in total. The molecule has 20 heavy (non-hydrogen) atoms. The van der Waals surface area contributed by atoms with E-state index in [0.29, 0.717) is 0 Å². The normalized spacial score (nSPS) is 13.7. The second-order valence-corrected chi connectivity index (χ2v) is 4.04. The summed E-state index contributed by atoms with van der Waals surface area (Å²) >= 11 is 0. The smallest absolute Gasteiger partial charge is 1.00 e. The van der Waals surface area contributed by atoms with Crippen molar-refractivity contribution in [3.05, 3.63) is 0 Å². The van der Waals surface area contributed by atoms with Crippen molar-refractivity contribution in [2.45, 2.75) is 23.3 Å². The van der Waals surface area contributed by atoms with Crippen LogP contribution >= 0.6 is 0 Å². The van der Waals surface area contributed by atoms with Gasteiger partial charge in [0.2, 0.25) is 0 Å². The van der Waals surface area contributed by atoms with Crippen LogP contribution in [-0.4, -0.2) is 36.2 Å². The molecule has 0 rings (SSSR count). The van der Waals surface area contributed by atoms with E-state index in [1.54, 1.807) is 0 Å². The fourth-order valence-corrected chi connectivity index (χ4v) is 0.960. The maximum Gasteiger partial charge on any atom is 1.00 e. The van der Waals surface area contributed by atoms with Crippen LogP contribution in [0.3, 0.4) is 0 Å². The Kier molecular flexibility index (Phi) is 13.6. The summed E-state index contributed by atoms with van der Waals surface area (Å²) in [5.41, 5.74) is 0. The first-order chi connectivity index (χ1) is 7.00. The first kappa shape index (κ1) is 30.7. The minimum absolute atomic E-state index is 0. The molecule has 0 aliphatic rings. The quantitative estimate of drug-likeness (QED) is 0.225. The van der Waals surface area contributed by atoms with E-state index in [1.807, 2.05) is 0 Å². The summed E-state index contributed by atoms with van der Waals surface area (Å²) in [5, 5.41) is -7.11. The van der Waals surface area contributed by atoms with Crippen LogP contribution < -0.4 is 125 Å². The molecule has 0 aromatic rings. The molecule has 112 valence electrons. The van der Waals surface area contributed by atoms with Gasteiger partial charge in [0, 0.05) is 0 Å². The number of hydrogen-bond donors (Lipinski definition) is 0. The number of hydrogen-bond acceptors (Lipinski definition) is 3. The van der Waals surface area contributed by atoms with Crippen molar-refractivity contribution < 1.29 is 177 Å². The van der Waals surface area contributed by atoms with Crippen molar-refractivity contribution in [3.8, 4) is 0 Å². The first-order valence-corrected chi connectivity index (χ1v) is 4.56. The minimum atomic E-state index is -7.43. The molecule has 0 saturated carbocycles. The zero-order chi connectivity index (χ0) is 14.5. The zero-order valence-electron chi connectivity index (χ0n) is 9.41. The predicted molar refractivity (Wildman–Crippen MR) is 30.6 cm³/mol. The van der Waals surface area contributed by atoms with Gasteiger partial charge in [-0.3, -0.25) is 0 Å². The van der Waals surface area contributed by atoms with E-state index in [1.165, 1.54) is 0 Å². The third kappa shape index (κ3) is 5.47. The summed E-state index contributed by atoms with van der Waals surface area (Å²) < 4.78 is 135. The Hall–Kier alpha value is 2.90. The third-order valence-corrected chi connectivity index (χ3v) is 2.31. The Labute approximate surface area is 206 Å². The van der Waals surface area contributed by atoms with Gasteiger partial charge >= 0.3 is 144 Å². The Bertz CT molecular complexity index is 405. The molecule has 0 fully saturated rings. The molecule has 0 aromatic heterocycles. The van der Waals surface area contributed by atoms with Crippen LogP contribution in [0.4, 0.5) is 39.5 Å². The molecule has 0 aromatic carbocycles. The summed E-state index contributed by atoms with van der Waals surface area (Å²) in [6, 6.07) is 0. The van der Waals surface area contributed by atoms with Gasteiger partial charge < -0.3 is 9.26 Å². The fourth-order valence-electron chi connectivity index (χ4n) is 0.518. The molecular formula is C4CsF10KO3S. The van der Waals surface area contributed by atoms with E-state index in [4.69, 9.17) is 0 Å². The van der Waals surface area contributed by atoms with E-state index in [9.17, 15) is 52.5 Å². The summed E-state index contributed by atoms with van der Waals surface area (Å²) in [5.74, 6) is -14.8. The number of halogens is 10. The second kappa shape index (κ2) is 8.84. The molecule has 0 bridgehead atoms. The largest absolute Gasteiger partial charge is 1.00 e. The topological polar surface area (TPSA) is 57.2 Å². The summed E-state index contributed by atoms with van der Waals surface area (Å²) in [7, 11) is -7.42. The Morgan fingerprint density at radius 1 is 0.750 bits per heavy atom. The van der Waals surface area contributed by atoms with E-state index in [0.717, 1.165) is 0 Å². The van der Waals surface area contributed by atoms with Gasteiger partial charge in [-0.25, -0.2) is 8.42 Å². The van der Waals surface area contributed by atoms with Gasteiger partial charge in [-0.2, -0.15) is 39.5 Å². The standard InChI is InChI=1S/C4HF9O3S.Cs.FH.K/c5-1(6,3(9,10)11)2(7,8)4(12,13)17(14,15)16;;;/h(H,14,15,16);;1H;/q;+1;;+1/p-2. The average molecular weight is 490 g/mol. The predicted octanol–water partition coefficient (Wildman–Crippen LogP) is -7.03. The number of alkyl halides is 9. The van der Waals surface area contributed by atoms with Crippen LogP contribution in [0.25, 0.3) is 0 Å². The van der Waals surface area contributed by atoms with Crippen LogP contribution in [0.2, 0.25) is 0 Å². The molecule has 0 amide bonds. The molecule has 0 radical (unpaired) electrons. The van der Waals surface area contributed by atoms with Gasteiger partial charge in [-0.1, -0.05) is 0 Å². The third-order valence-electron chi connectivity index (χ3n) is 1.43. The van der Waals surface area contributed by atoms with E-state index in [-0.39, 0.29) is 125 Å². The van der Waals surface area contributed by atoms with Crippen molar-refractivity contribution in [2.24, 2.45) is 0 Å². The Morgan fingerprint density at radius 3 is 1.15 bits per heavy atom. The van der Waals surface area contributed by atoms with Gasteiger partial charge in [0.1, 0.15) is 0 Å². The van der Waals surface area contributed by atoms with Gasteiger partial charge in [-0.15, -0.1) is 0 Å². The number of rotatable bonds is 3. The molecule has 0 N–H and O–H groups in total. The zero-order valence-corrected chi connectivity index (χ0v) is 19.6. The summed E-state index contributed by atoms with van der Waals surface area (Å²) in [6.45, 7) is 0.